The van der Waals surface area contributed by atoms with Crippen LogP contribution < -0.4 is 16.6 Å². The van der Waals surface area contributed by atoms with Crippen LogP contribution in [0.3, 0.4) is 0 Å². The van der Waals surface area contributed by atoms with Gasteiger partial charge in [-0.1, -0.05) is 18.2 Å². The molecule has 3 heterocycles. The fourth-order valence-corrected chi connectivity index (χ4v) is 5.12. The van der Waals surface area contributed by atoms with E-state index in [2.05, 4.69) is 20.3 Å². The summed E-state index contributed by atoms with van der Waals surface area (Å²) in [6.07, 6.45) is 4.63. The lowest BCUT2D eigenvalue weighted by Gasteiger charge is -2.12. The maximum absolute atomic E-state index is 12.8. The minimum absolute atomic E-state index is 0.140. The van der Waals surface area contributed by atoms with E-state index >= 15 is 0 Å². The third kappa shape index (κ3) is 6.55. The van der Waals surface area contributed by atoms with Crippen LogP contribution in [0.1, 0.15) is 49.6 Å². The van der Waals surface area contributed by atoms with E-state index in [0.29, 0.717) is 45.6 Å². The number of H-pyrrole nitrogens is 1. The fraction of sp³-hybridized carbons (Fsp3) is 0.179. The van der Waals surface area contributed by atoms with Gasteiger partial charge in [0, 0.05) is 60.6 Å². The highest BCUT2D eigenvalue weighted by Crippen LogP contribution is 2.22. The van der Waals surface area contributed by atoms with Crippen molar-refractivity contribution in [2.24, 2.45) is 0 Å². The Labute approximate surface area is 225 Å². The summed E-state index contributed by atoms with van der Waals surface area (Å²) in [6, 6.07) is 15.2. The number of aromatic nitrogens is 3. The number of anilines is 1. The van der Waals surface area contributed by atoms with Crippen molar-refractivity contribution in [2.45, 2.75) is 31.2 Å². The van der Waals surface area contributed by atoms with Gasteiger partial charge in [0.2, 0.25) is 0 Å². The third-order valence-corrected chi connectivity index (χ3v) is 7.36. The topological polar surface area (TPSA) is 172 Å². The zero-order valence-electron chi connectivity index (χ0n) is 21.4. The zero-order valence-corrected chi connectivity index (χ0v) is 22.2. The molecule has 39 heavy (non-hydrogen) atoms. The smallest absolute Gasteiger partial charge is 0.251 e. The first-order valence-electron chi connectivity index (χ1n) is 11.9. The Bertz CT molecular complexity index is 1770. The lowest BCUT2D eigenvalue weighted by molar-refractivity contribution is 0.0950. The van der Waals surface area contributed by atoms with Crippen molar-refractivity contribution in [1.29, 1.82) is 5.26 Å². The number of aryl methyl sites for hydroxylation is 1. The number of amides is 1. The van der Waals surface area contributed by atoms with Gasteiger partial charge in [0.15, 0.2) is 9.84 Å². The predicted octanol–water partition coefficient (Wildman–Crippen LogP) is 2.44. The number of hydrogen-bond acceptors (Lipinski definition) is 8. The van der Waals surface area contributed by atoms with Crippen molar-refractivity contribution < 1.29 is 13.2 Å². The Balaban J connectivity index is 1.52. The van der Waals surface area contributed by atoms with Gasteiger partial charge < -0.3 is 16.0 Å². The van der Waals surface area contributed by atoms with Gasteiger partial charge >= 0.3 is 0 Å². The molecule has 4 aromatic rings. The molecule has 0 spiro atoms. The molecule has 10 nitrogen and oxygen atoms in total. The van der Waals surface area contributed by atoms with E-state index in [4.69, 9.17) is 5.73 Å². The zero-order chi connectivity index (χ0) is 28.2. The first-order valence-corrected chi connectivity index (χ1v) is 13.8. The van der Waals surface area contributed by atoms with E-state index in [1.165, 1.54) is 12.4 Å². The number of rotatable bonds is 8. The number of nitriles is 1. The number of nitrogen functional groups attached to an aromatic ring is 1. The Hall–Kier alpha value is -4.82. The van der Waals surface area contributed by atoms with Crippen LogP contribution in [-0.2, 0) is 29.2 Å². The average Bonchev–Trinajstić information content (AvgIpc) is 2.89. The molecule has 0 unspecified atom stereocenters. The first kappa shape index (κ1) is 27.2. The molecule has 3 aromatic heterocycles. The van der Waals surface area contributed by atoms with Gasteiger partial charge in [-0.25, -0.2) is 13.4 Å². The summed E-state index contributed by atoms with van der Waals surface area (Å²) < 4.78 is 25.1. The van der Waals surface area contributed by atoms with Crippen molar-refractivity contribution in [3.63, 3.8) is 0 Å². The molecule has 11 heteroatoms. The number of nitrogens with one attached hydrogen (secondary N) is 2. The van der Waals surface area contributed by atoms with Crippen LogP contribution in [0.5, 0.6) is 0 Å². The van der Waals surface area contributed by atoms with Gasteiger partial charge in [0.05, 0.1) is 10.5 Å². The standard InChI is InChI=1S/C28H26N6O4S/c1-17-23(13-22(15-29)26(30)34-17)16-33-28(36)21-7-9-31-24(14-21)10-18-5-6-19(25(11-18)39(2,37)38)12-20-4-3-8-32-27(20)35/h3-9,11,13-14H,10,12,16H2,1-2H3,(H2,30,34)(H,32,35)(H,33,36). The molecule has 0 fully saturated rings. The molecule has 1 amide bonds. The Morgan fingerprint density at radius 3 is 2.62 bits per heavy atom. The summed E-state index contributed by atoms with van der Waals surface area (Å²) in [5, 5.41) is 12.0. The quantitative estimate of drug-likeness (QED) is 0.305. The molecule has 0 aliphatic heterocycles. The largest absolute Gasteiger partial charge is 0.383 e. The number of nitrogens with two attached hydrogens (primary N) is 1. The minimum atomic E-state index is -3.58. The van der Waals surface area contributed by atoms with Crippen molar-refractivity contribution in [2.75, 3.05) is 12.0 Å². The number of carbonyl (C=O) groups is 1. The maximum Gasteiger partial charge on any atom is 0.251 e. The summed E-state index contributed by atoms with van der Waals surface area (Å²) in [7, 11) is -3.58. The SMILES string of the molecule is Cc1nc(N)c(C#N)cc1CNC(=O)c1ccnc(Cc2ccc(Cc3ccc[nH]c3=O)c(S(C)(=O)=O)c2)c1. The van der Waals surface area contributed by atoms with Crippen LogP contribution in [0.25, 0.3) is 0 Å². The summed E-state index contributed by atoms with van der Waals surface area (Å²) in [5.41, 5.74) is 9.63. The normalized spacial score (nSPS) is 11.1. The fourth-order valence-electron chi connectivity index (χ4n) is 4.14. The summed E-state index contributed by atoms with van der Waals surface area (Å²) in [4.78, 5) is 36.2. The van der Waals surface area contributed by atoms with Crippen LogP contribution in [-0.4, -0.2) is 35.5 Å². The van der Waals surface area contributed by atoms with Crippen LogP contribution >= 0.6 is 0 Å². The molecule has 0 aliphatic carbocycles. The first-order chi connectivity index (χ1) is 18.5. The van der Waals surface area contributed by atoms with E-state index < -0.39 is 9.84 Å². The molecule has 198 valence electrons. The second-order valence-electron chi connectivity index (χ2n) is 9.09. The lowest BCUT2D eigenvalue weighted by Crippen LogP contribution is -2.24. The van der Waals surface area contributed by atoms with E-state index in [1.807, 2.05) is 6.07 Å². The van der Waals surface area contributed by atoms with E-state index in [1.54, 1.807) is 55.5 Å². The highest BCUT2D eigenvalue weighted by atomic mass is 32.2. The van der Waals surface area contributed by atoms with Crippen LogP contribution in [0.4, 0.5) is 5.82 Å². The Morgan fingerprint density at radius 1 is 1.10 bits per heavy atom. The summed E-state index contributed by atoms with van der Waals surface area (Å²) >= 11 is 0. The van der Waals surface area contributed by atoms with Crippen LogP contribution in [0.2, 0.25) is 0 Å². The van der Waals surface area contributed by atoms with E-state index in [-0.39, 0.29) is 40.7 Å². The van der Waals surface area contributed by atoms with Gasteiger partial charge in [-0.15, -0.1) is 0 Å². The van der Waals surface area contributed by atoms with Gasteiger partial charge in [-0.2, -0.15) is 5.26 Å². The highest BCUT2D eigenvalue weighted by molar-refractivity contribution is 7.90. The molecule has 1 aromatic carbocycles. The minimum Gasteiger partial charge on any atom is -0.383 e. The Kier molecular flexibility index (Phi) is 7.88. The highest BCUT2D eigenvalue weighted by Gasteiger charge is 2.17. The van der Waals surface area contributed by atoms with Crippen molar-refractivity contribution >= 4 is 21.6 Å². The second kappa shape index (κ2) is 11.3. The van der Waals surface area contributed by atoms with Crippen LogP contribution in [0.15, 0.2) is 70.6 Å². The van der Waals surface area contributed by atoms with Gasteiger partial charge in [-0.05, 0) is 53.9 Å². The second-order valence-corrected chi connectivity index (χ2v) is 11.1. The molecular formula is C28H26N6O4S. The van der Waals surface area contributed by atoms with E-state index in [0.717, 1.165) is 6.26 Å². The van der Waals surface area contributed by atoms with Crippen molar-refractivity contribution in [1.82, 2.24) is 20.3 Å². The molecule has 0 saturated heterocycles. The Morgan fingerprint density at radius 2 is 1.90 bits per heavy atom. The summed E-state index contributed by atoms with van der Waals surface area (Å²) in [6.45, 7) is 1.91. The number of carbonyl (C=O) groups excluding carboxylic acids is 1. The molecule has 4 N–H and O–H groups in total. The maximum atomic E-state index is 12.8. The molecule has 0 saturated carbocycles. The molecule has 4 rings (SSSR count). The number of nitrogens with zero attached hydrogens (tertiary/aromatic N) is 3. The average molecular weight is 543 g/mol. The van der Waals surface area contributed by atoms with Crippen LogP contribution in [0, 0.1) is 18.3 Å². The third-order valence-electron chi connectivity index (χ3n) is 6.18. The number of sulfone groups is 1. The molecular weight excluding hydrogens is 516 g/mol. The molecule has 0 bridgehead atoms. The van der Waals surface area contributed by atoms with Gasteiger partial charge in [0.25, 0.3) is 11.5 Å². The molecule has 0 atom stereocenters. The number of aromatic amines is 1. The number of hydrogen-bond donors (Lipinski definition) is 3. The predicted molar refractivity (Wildman–Crippen MR) is 146 cm³/mol. The van der Waals surface area contributed by atoms with Crippen molar-refractivity contribution in [3.05, 3.63) is 116 Å². The van der Waals surface area contributed by atoms with Crippen molar-refractivity contribution in [3.8, 4) is 6.07 Å². The molecule has 0 aliphatic rings. The lowest BCUT2D eigenvalue weighted by atomic mass is 10.0. The van der Waals surface area contributed by atoms with E-state index in [9.17, 15) is 23.3 Å². The summed E-state index contributed by atoms with van der Waals surface area (Å²) in [5.74, 6) is -0.196. The monoisotopic (exact) mass is 542 g/mol. The number of benzene rings is 1. The number of pyridine rings is 3. The van der Waals surface area contributed by atoms with Gasteiger partial charge in [-0.3, -0.25) is 14.6 Å². The van der Waals surface area contributed by atoms with Gasteiger partial charge in [0.1, 0.15) is 11.9 Å². The molecule has 0 radical (unpaired) electrons.